The van der Waals surface area contributed by atoms with E-state index in [0.717, 1.165) is 17.9 Å². The predicted octanol–water partition coefficient (Wildman–Crippen LogP) is 2.69. The van der Waals surface area contributed by atoms with E-state index in [1.54, 1.807) is 35.4 Å². The summed E-state index contributed by atoms with van der Waals surface area (Å²) in [6, 6.07) is 10.7. The fourth-order valence-electron chi connectivity index (χ4n) is 3.39. The number of anilines is 2. The van der Waals surface area contributed by atoms with Crippen LogP contribution in [0.25, 0.3) is 0 Å². The van der Waals surface area contributed by atoms with E-state index >= 15 is 0 Å². The minimum absolute atomic E-state index is 0.0465. The molecule has 7 heteroatoms. The lowest BCUT2D eigenvalue weighted by atomic mass is 10.2. The molecule has 1 aliphatic heterocycles. The summed E-state index contributed by atoms with van der Waals surface area (Å²) in [5.41, 5.74) is 1.32. The van der Waals surface area contributed by atoms with Gasteiger partial charge in [-0.3, -0.25) is 14.4 Å². The second-order valence-corrected chi connectivity index (χ2v) is 6.82. The van der Waals surface area contributed by atoms with Crippen molar-refractivity contribution < 1.29 is 23.5 Å². The number of carbonyl (C=O) groups excluding carboxylic acids is 3. The third kappa shape index (κ3) is 3.86. The Balaban J connectivity index is 1.27. The third-order valence-electron chi connectivity index (χ3n) is 4.86. The number of nitrogens with one attached hydrogen (secondary N) is 1. The van der Waals surface area contributed by atoms with Crippen molar-refractivity contribution >= 4 is 29.2 Å². The zero-order valence-corrected chi connectivity index (χ0v) is 14.7. The molecule has 2 amide bonds. The summed E-state index contributed by atoms with van der Waals surface area (Å²) in [5.74, 6) is -0.136. The monoisotopic (exact) mass is 368 g/mol. The summed E-state index contributed by atoms with van der Waals surface area (Å²) in [6.07, 6.45) is 3.64. The number of rotatable bonds is 6. The van der Waals surface area contributed by atoms with E-state index in [9.17, 15) is 14.4 Å². The van der Waals surface area contributed by atoms with Crippen molar-refractivity contribution in [1.82, 2.24) is 0 Å². The van der Waals surface area contributed by atoms with Gasteiger partial charge in [0.25, 0.3) is 5.91 Å². The molecule has 0 radical (unpaired) electrons. The first kappa shape index (κ1) is 17.3. The van der Waals surface area contributed by atoms with Crippen molar-refractivity contribution in [3.05, 3.63) is 48.4 Å². The van der Waals surface area contributed by atoms with Crippen LogP contribution >= 0.6 is 0 Å². The first-order valence-corrected chi connectivity index (χ1v) is 9.02. The van der Waals surface area contributed by atoms with Crippen molar-refractivity contribution in [1.29, 1.82) is 0 Å². The highest BCUT2D eigenvalue weighted by Gasteiger charge is 2.47. The van der Waals surface area contributed by atoms with Gasteiger partial charge < -0.3 is 19.4 Å². The lowest BCUT2D eigenvalue weighted by molar-refractivity contribution is -0.148. The van der Waals surface area contributed by atoms with E-state index in [1.165, 1.54) is 0 Å². The zero-order valence-electron chi connectivity index (χ0n) is 14.7. The quantitative estimate of drug-likeness (QED) is 0.792. The molecule has 1 aromatic carbocycles. The van der Waals surface area contributed by atoms with E-state index in [4.69, 9.17) is 9.15 Å². The maximum absolute atomic E-state index is 12.1. The van der Waals surface area contributed by atoms with Crippen molar-refractivity contribution in [2.45, 2.75) is 25.2 Å². The van der Waals surface area contributed by atoms with Crippen LogP contribution in [0.2, 0.25) is 0 Å². The van der Waals surface area contributed by atoms with Crippen molar-refractivity contribution in [3.63, 3.8) is 0 Å². The second kappa shape index (κ2) is 7.26. The van der Waals surface area contributed by atoms with E-state index < -0.39 is 5.91 Å². The highest BCUT2D eigenvalue weighted by Crippen LogP contribution is 2.48. The van der Waals surface area contributed by atoms with Crippen LogP contribution in [0.3, 0.4) is 0 Å². The summed E-state index contributed by atoms with van der Waals surface area (Å²) in [4.78, 5) is 37.7. The fourth-order valence-corrected chi connectivity index (χ4v) is 3.39. The van der Waals surface area contributed by atoms with E-state index in [2.05, 4.69) is 5.32 Å². The first-order valence-electron chi connectivity index (χ1n) is 9.02. The normalized spacial score (nSPS) is 21.2. The zero-order chi connectivity index (χ0) is 18.8. The van der Waals surface area contributed by atoms with Gasteiger partial charge >= 0.3 is 5.97 Å². The summed E-state index contributed by atoms with van der Waals surface area (Å²) >= 11 is 0. The number of benzene rings is 1. The lowest BCUT2D eigenvalue weighted by Crippen LogP contribution is -2.24. The largest absolute Gasteiger partial charge is 0.469 e. The first-order chi connectivity index (χ1) is 13.1. The number of hydrogen-bond acceptors (Lipinski definition) is 5. The Morgan fingerprint density at radius 1 is 1.26 bits per heavy atom. The van der Waals surface area contributed by atoms with Crippen LogP contribution in [0.4, 0.5) is 11.4 Å². The van der Waals surface area contributed by atoms with Gasteiger partial charge in [-0.05, 0) is 43.2 Å². The molecule has 1 aliphatic carbocycles. The van der Waals surface area contributed by atoms with E-state index in [-0.39, 0.29) is 30.3 Å². The summed E-state index contributed by atoms with van der Waals surface area (Å²) in [6.45, 7) is 0.346. The summed E-state index contributed by atoms with van der Waals surface area (Å²) in [7, 11) is 0. The molecular weight excluding hydrogens is 348 g/mol. The van der Waals surface area contributed by atoms with Crippen molar-refractivity contribution in [3.8, 4) is 0 Å². The maximum Gasteiger partial charge on any atom is 0.310 e. The molecule has 27 heavy (non-hydrogen) atoms. The van der Waals surface area contributed by atoms with Crippen LogP contribution in [0.5, 0.6) is 0 Å². The van der Waals surface area contributed by atoms with Crippen LogP contribution in [-0.4, -0.2) is 30.9 Å². The summed E-state index contributed by atoms with van der Waals surface area (Å²) in [5, 5.41) is 2.70. The molecule has 2 fully saturated rings. The SMILES string of the molecule is O=C(COC(=O)[C@H]1C[C@@H]1c1ccco1)Nc1cccc(N2CCCC2=O)c1. The minimum atomic E-state index is -0.413. The minimum Gasteiger partial charge on any atom is -0.469 e. The van der Waals surface area contributed by atoms with E-state index in [1.807, 2.05) is 12.1 Å². The molecule has 1 N–H and O–H groups in total. The molecule has 0 bridgehead atoms. The van der Waals surface area contributed by atoms with Gasteiger partial charge in [0.2, 0.25) is 5.91 Å². The molecule has 0 spiro atoms. The van der Waals surface area contributed by atoms with Gasteiger partial charge in [-0.1, -0.05) is 6.07 Å². The molecule has 1 saturated heterocycles. The van der Waals surface area contributed by atoms with Gasteiger partial charge in [0.05, 0.1) is 12.2 Å². The molecule has 2 aromatic rings. The van der Waals surface area contributed by atoms with Gasteiger partial charge in [-0.25, -0.2) is 0 Å². The number of nitrogens with zero attached hydrogens (tertiary/aromatic N) is 1. The Morgan fingerprint density at radius 2 is 2.15 bits per heavy atom. The van der Waals surface area contributed by atoms with Gasteiger partial charge in [-0.2, -0.15) is 0 Å². The highest BCUT2D eigenvalue weighted by atomic mass is 16.5. The van der Waals surface area contributed by atoms with Crippen LogP contribution in [0, 0.1) is 5.92 Å². The Morgan fingerprint density at radius 3 is 2.89 bits per heavy atom. The smallest absolute Gasteiger partial charge is 0.310 e. The number of furan rings is 1. The Hall–Kier alpha value is -3.09. The van der Waals surface area contributed by atoms with Crippen LogP contribution in [0.15, 0.2) is 47.1 Å². The molecular formula is C20H20N2O5. The van der Waals surface area contributed by atoms with Crippen LogP contribution in [0.1, 0.15) is 30.9 Å². The molecule has 2 atom stereocenters. The topological polar surface area (TPSA) is 88.8 Å². The number of esters is 1. The average molecular weight is 368 g/mol. The maximum atomic E-state index is 12.1. The van der Waals surface area contributed by atoms with Gasteiger partial charge in [0.1, 0.15) is 5.76 Å². The van der Waals surface area contributed by atoms with Crippen molar-refractivity contribution in [2.24, 2.45) is 5.92 Å². The molecule has 1 saturated carbocycles. The average Bonchev–Trinajstić information content (AvgIpc) is 3.06. The Labute approximate surface area is 156 Å². The van der Waals surface area contributed by atoms with Gasteiger partial charge in [-0.15, -0.1) is 0 Å². The molecule has 0 unspecified atom stereocenters. The standard InChI is InChI=1S/C20H20N2O5/c23-18(12-27-20(25)16-11-15(16)17-6-3-9-26-17)21-13-4-1-5-14(10-13)22-8-2-7-19(22)24/h1,3-6,9-10,15-16H,2,7-8,11-12H2,(H,21,23)/t15-,16-/m0/s1. The Bertz CT molecular complexity index is 861. The third-order valence-corrected chi connectivity index (χ3v) is 4.86. The lowest BCUT2D eigenvalue weighted by Gasteiger charge is -2.16. The number of hydrogen-bond donors (Lipinski definition) is 1. The van der Waals surface area contributed by atoms with E-state index in [0.29, 0.717) is 25.1 Å². The summed E-state index contributed by atoms with van der Waals surface area (Å²) < 4.78 is 10.4. The van der Waals surface area contributed by atoms with Gasteiger partial charge in [0, 0.05) is 30.3 Å². The fraction of sp³-hybridized carbons (Fsp3) is 0.350. The molecule has 2 heterocycles. The second-order valence-electron chi connectivity index (χ2n) is 6.82. The molecule has 7 nitrogen and oxygen atoms in total. The van der Waals surface area contributed by atoms with Gasteiger partial charge in [0.15, 0.2) is 6.61 Å². The predicted molar refractivity (Wildman–Crippen MR) is 97.2 cm³/mol. The van der Waals surface area contributed by atoms with Crippen LogP contribution in [-0.2, 0) is 19.1 Å². The highest BCUT2D eigenvalue weighted by molar-refractivity contribution is 5.97. The number of carbonyl (C=O) groups is 3. The van der Waals surface area contributed by atoms with Crippen molar-refractivity contribution in [2.75, 3.05) is 23.4 Å². The molecule has 140 valence electrons. The molecule has 4 rings (SSSR count). The molecule has 1 aromatic heterocycles. The molecule has 2 aliphatic rings. The Kier molecular flexibility index (Phi) is 4.66. The van der Waals surface area contributed by atoms with Crippen LogP contribution < -0.4 is 10.2 Å². The number of amides is 2. The number of ether oxygens (including phenoxy) is 1.